The van der Waals surface area contributed by atoms with Gasteiger partial charge in [-0.15, -0.1) is 0 Å². The average Bonchev–Trinajstić information content (AvgIpc) is 2.76. The number of esters is 1. The summed E-state index contributed by atoms with van der Waals surface area (Å²) in [7, 11) is 1.23. The highest BCUT2D eigenvalue weighted by molar-refractivity contribution is 7.80. The maximum atomic E-state index is 12.3. The van der Waals surface area contributed by atoms with E-state index < -0.39 is 29.9 Å². The van der Waals surface area contributed by atoms with E-state index in [1.807, 2.05) is 13.8 Å². The van der Waals surface area contributed by atoms with Crippen LogP contribution in [0.4, 0.5) is 0 Å². The lowest BCUT2D eigenvalue weighted by atomic mass is 9.93. The van der Waals surface area contributed by atoms with Gasteiger partial charge in [-0.1, -0.05) is 20.8 Å². The van der Waals surface area contributed by atoms with Crippen LogP contribution in [0.2, 0.25) is 0 Å². The van der Waals surface area contributed by atoms with Crippen LogP contribution in [0.5, 0.6) is 0 Å². The smallest absolute Gasteiger partial charge is 0.332 e. The molecule has 1 amide bonds. The van der Waals surface area contributed by atoms with E-state index in [1.165, 1.54) is 7.11 Å². The molecule has 0 aromatic heterocycles. The van der Waals surface area contributed by atoms with Crippen molar-refractivity contribution in [3.05, 3.63) is 0 Å². The van der Waals surface area contributed by atoms with Crippen molar-refractivity contribution >= 4 is 29.3 Å². The predicted molar refractivity (Wildman–Crippen MR) is 71.2 cm³/mol. The Kier molecular flexibility index (Phi) is 5.25. The topological polar surface area (TPSA) is 76.1 Å². The molecule has 108 valence electrons. The van der Waals surface area contributed by atoms with Crippen molar-refractivity contribution < 1.29 is 24.2 Å². The molecule has 0 spiro atoms. The van der Waals surface area contributed by atoms with Gasteiger partial charge in [0.2, 0.25) is 5.91 Å². The molecule has 0 aromatic rings. The largest absolute Gasteiger partial charge is 0.468 e. The van der Waals surface area contributed by atoms with E-state index in [4.69, 9.17) is 17.0 Å². The molecule has 0 aliphatic carbocycles. The first kappa shape index (κ1) is 15.8. The molecular weight excluding hydrogens is 270 g/mol. The zero-order chi connectivity index (χ0) is 14.7. The van der Waals surface area contributed by atoms with Gasteiger partial charge in [0.25, 0.3) is 5.17 Å². The van der Waals surface area contributed by atoms with Crippen molar-refractivity contribution in [3.63, 3.8) is 0 Å². The van der Waals surface area contributed by atoms with Crippen LogP contribution in [0.15, 0.2) is 0 Å². The summed E-state index contributed by atoms with van der Waals surface area (Å²) in [5, 5.41) is 9.89. The molecule has 19 heavy (non-hydrogen) atoms. The van der Waals surface area contributed by atoms with Crippen LogP contribution in [-0.4, -0.2) is 52.9 Å². The Bertz CT molecular complexity index is 384. The van der Waals surface area contributed by atoms with E-state index in [0.717, 1.165) is 4.90 Å². The summed E-state index contributed by atoms with van der Waals surface area (Å²) in [6.07, 6.45) is -0.811. The van der Waals surface area contributed by atoms with Gasteiger partial charge < -0.3 is 14.6 Å². The number of ether oxygens (including phenoxy) is 2. The van der Waals surface area contributed by atoms with E-state index in [2.05, 4.69) is 4.74 Å². The van der Waals surface area contributed by atoms with Crippen LogP contribution in [0.3, 0.4) is 0 Å². The number of aliphatic hydroxyl groups excluding tert-OH is 1. The molecule has 1 saturated heterocycles. The van der Waals surface area contributed by atoms with E-state index in [0.29, 0.717) is 0 Å². The number of nitrogens with zero attached hydrogens (tertiary/aromatic N) is 1. The summed E-state index contributed by atoms with van der Waals surface area (Å²) in [6, 6.07) is -0.869. The second kappa shape index (κ2) is 6.29. The lowest BCUT2D eigenvalue weighted by Crippen LogP contribution is -2.48. The van der Waals surface area contributed by atoms with Crippen LogP contribution >= 0.6 is 12.2 Å². The summed E-state index contributed by atoms with van der Waals surface area (Å²) >= 11 is 4.93. The van der Waals surface area contributed by atoms with Gasteiger partial charge in [0, 0.05) is 0 Å². The molecule has 0 saturated carbocycles. The minimum Gasteiger partial charge on any atom is -0.468 e. The number of carbonyl (C=O) groups excluding carboxylic acids is 2. The molecule has 1 fully saturated rings. The number of rotatable bonds is 4. The molecule has 1 aliphatic rings. The van der Waals surface area contributed by atoms with Gasteiger partial charge in [-0.25, -0.2) is 4.79 Å². The Labute approximate surface area is 117 Å². The van der Waals surface area contributed by atoms with Gasteiger partial charge in [-0.3, -0.25) is 9.69 Å². The van der Waals surface area contributed by atoms with Crippen molar-refractivity contribution in [2.24, 2.45) is 11.8 Å². The van der Waals surface area contributed by atoms with Crippen molar-refractivity contribution in [2.45, 2.75) is 32.9 Å². The molecule has 0 aromatic carbocycles. The lowest BCUT2D eigenvalue weighted by Gasteiger charge is -2.27. The normalized spacial score (nSPS) is 22.1. The fraction of sp³-hybridized carbons (Fsp3) is 0.750. The van der Waals surface area contributed by atoms with Gasteiger partial charge in [0.05, 0.1) is 19.1 Å². The number of carbonyl (C=O) groups is 2. The van der Waals surface area contributed by atoms with Crippen molar-refractivity contribution in [1.29, 1.82) is 0 Å². The first-order valence-electron chi connectivity index (χ1n) is 6.07. The molecule has 0 radical (unpaired) electrons. The third kappa shape index (κ3) is 3.22. The number of amides is 1. The molecule has 6 nitrogen and oxygen atoms in total. The fourth-order valence-electron chi connectivity index (χ4n) is 1.92. The quantitative estimate of drug-likeness (QED) is 0.593. The Morgan fingerprint density at radius 3 is 2.53 bits per heavy atom. The van der Waals surface area contributed by atoms with Crippen LogP contribution in [0.25, 0.3) is 0 Å². The lowest BCUT2D eigenvalue weighted by molar-refractivity contribution is -0.151. The standard InChI is InChI=1S/C12H19NO5S/c1-6(2)9(14)7(3)10(15)13-8(11(16)17-4)5-18-12(13)19/h6-9,14H,5H2,1-4H3/t7-,8+,9+/m0/s1. The molecule has 1 N–H and O–H groups in total. The van der Waals surface area contributed by atoms with E-state index in [1.54, 1.807) is 6.92 Å². The Hall–Kier alpha value is -1.21. The molecule has 7 heteroatoms. The van der Waals surface area contributed by atoms with Gasteiger partial charge in [0.1, 0.15) is 6.61 Å². The highest BCUT2D eigenvalue weighted by atomic mass is 32.1. The Morgan fingerprint density at radius 1 is 1.47 bits per heavy atom. The molecule has 0 bridgehead atoms. The molecular formula is C12H19NO5S. The monoisotopic (exact) mass is 289 g/mol. The summed E-state index contributed by atoms with van der Waals surface area (Å²) in [5.74, 6) is -1.77. The van der Waals surface area contributed by atoms with Crippen molar-refractivity contribution in [2.75, 3.05) is 13.7 Å². The third-order valence-electron chi connectivity index (χ3n) is 3.17. The average molecular weight is 289 g/mol. The Morgan fingerprint density at radius 2 is 2.05 bits per heavy atom. The van der Waals surface area contributed by atoms with E-state index in [9.17, 15) is 14.7 Å². The molecule has 0 unspecified atom stereocenters. The minimum absolute atomic E-state index is 0.0122. The van der Waals surface area contributed by atoms with Gasteiger partial charge in [-0.2, -0.15) is 0 Å². The zero-order valence-corrected chi connectivity index (χ0v) is 12.3. The van der Waals surface area contributed by atoms with E-state index >= 15 is 0 Å². The van der Waals surface area contributed by atoms with E-state index in [-0.39, 0.29) is 17.7 Å². The SMILES string of the molecule is COC(=O)[C@H]1COC(=S)N1C(=O)[C@@H](C)[C@H](O)C(C)C. The summed E-state index contributed by atoms with van der Waals surface area (Å²) in [5.41, 5.74) is 0. The number of thiocarbonyl (C=S) groups is 1. The van der Waals surface area contributed by atoms with Gasteiger partial charge >= 0.3 is 5.97 Å². The van der Waals surface area contributed by atoms with Crippen LogP contribution in [-0.2, 0) is 19.1 Å². The highest BCUT2D eigenvalue weighted by Gasteiger charge is 2.43. The molecule has 3 atom stereocenters. The maximum absolute atomic E-state index is 12.3. The minimum atomic E-state index is -0.869. The summed E-state index contributed by atoms with van der Waals surface area (Å²) in [6.45, 7) is 5.21. The number of methoxy groups -OCH3 is 1. The van der Waals surface area contributed by atoms with Crippen molar-refractivity contribution in [3.8, 4) is 0 Å². The van der Waals surface area contributed by atoms with Gasteiger partial charge in [-0.05, 0) is 18.1 Å². The number of hydrogen-bond acceptors (Lipinski definition) is 6. The first-order valence-corrected chi connectivity index (χ1v) is 6.47. The van der Waals surface area contributed by atoms with Crippen LogP contribution in [0.1, 0.15) is 20.8 Å². The maximum Gasteiger partial charge on any atom is 0.332 e. The third-order valence-corrected chi connectivity index (χ3v) is 3.48. The second-order valence-electron chi connectivity index (χ2n) is 4.85. The first-order chi connectivity index (χ1) is 8.81. The highest BCUT2D eigenvalue weighted by Crippen LogP contribution is 2.21. The van der Waals surface area contributed by atoms with Gasteiger partial charge in [0.15, 0.2) is 6.04 Å². The zero-order valence-electron chi connectivity index (χ0n) is 11.5. The fourth-order valence-corrected chi connectivity index (χ4v) is 2.20. The molecule has 1 rings (SSSR count). The second-order valence-corrected chi connectivity index (χ2v) is 5.20. The predicted octanol–water partition coefficient (Wildman–Crippen LogP) is 0.325. The van der Waals surface area contributed by atoms with Crippen LogP contribution < -0.4 is 0 Å². The molecule has 1 heterocycles. The Balaban J connectivity index is 2.89. The summed E-state index contributed by atoms with van der Waals surface area (Å²) in [4.78, 5) is 25.0. The number of hydrogen-bond donors (Lipinski definition) is 1. The summed E-state index contributed by atoms with van der Waals surface area (Å²) < 4.78 is 9.68. The number of aliphatic hydroxyl groups is 1. The molecule has 1 aliphatic heterocycles. The van der Waals surface area contributed by atoms with Crippen LogP contribution in [0, 0.1) is 11.8 Å². The van der Waals surface area contributed by atoms with Crippen molar-refractivity contribution in [1.82, 2.24) is 4.90 Å².